The van der Waals surface area contributed by atoms with E-state index in [0.29, 0.717) is 11.3 Å². The molecule has 0 bridgehead atoms. The van der Waals surface area contributed by atoms with Crippen LogP contribution >= 0.6 is 0 Å². The molecule has 1 heterocycles. The van der Waals surface area contributed by atoms with Gasteiger partial charge in [-0.2, -0.15) is 0 Å². The van der Waals surface area contributed by atoms with E-state index >= 15 is 0 Å². The highest BCUT2D eigenvalue weighted by Gasteiger charge is 2.14. The Labute approximate surface area is 142 Å². The molecule has 2 aromatic carbocycles. The number of hydrogen-bond acceptors (Lipinski definition) is 4. The molecule has 0 aromatic heterocycles. The number of amides is 1. The van der Waals surface area contributed by atoms with Gasteiger partial charge in [0.2, 0.25) is 0 Å². The molecule has 0 radical (unpaired) electrons. The molecule has 0 spiro atoms. The van der Waals surface area contributed by atoms with Crippen molar-refractivity contribution in [3.05, 3.63) is 54.1 Å². The topological polar surface area (TPSA) is 66.5 Å². The van der Waals surface area contributed by atoms with Crippen molar-refractivity contribution in [3.63, 3.8) is 0 Å². The second-order valence-electron chi connectivity index (χ2n) is 6.00. The molecule has 1 aliphatic rings. The highest BCUT2D eigenvalue weighted by Crippen LogP contribution is 2.22. The summed E-state index contributed by atoms with van der Waals surface area (Å²) in [6.07, 6.45) is 3.56. The quantitative estimate of drug-likeness (QED) is 0.926. The Kier molecular flexibility index (Phi) is 4.57. The molecular formula is C18H20N2O3S. The second-order valence-corrected chi connectivity index (χ2v) is 8.01. The maximum atomic E-state index is 12.3. The van der Waals surface area contributed by atoms with Gasteiger partial charge in [-0.25, -0.2) is 8.42 Å². The summed E-state index contributed by atoms with van der Waals surface area (Å²) in [6.45, 7) is 2.15. The Hall–Kier alpha value is -2.34. The lowest BCUT2D eigenvalue weighted by atomic mass is 10.2. The van der Waals surface area contributed by atoms with Crippen molar-refractivity contribution in [1.82, 2.24) is 0 Å². The highest BCUT2D eigenvalue weighted by atomic mass is 32.2. The van der Waals surface area contributed by atoms with Crippen LogP contribution in [-0.2, 0) is 9.84 Å². The maximum Gasteiger partial charge on any atom is 0.255 e. The van der Waals surface area contributed by atoms with Gasteiger partial charge in [0.25, 0.3) is 5.91 Å². The van der Waals surface area contributed by atoms with Crippen LogP contribution in [0.5, 0.6) is 0 Å². The lowest BCUT2D eigenvalue weighted by Crippen LogP contribution is -2.17. The zero-order chi connectivity index (χ0) is 17.2. The summed E-state index contributed by atoms with van der Waals surface area (Å²) in [4.78, 5) is 14.8. The van der Waals surface area contributed by atoms with Gasteiger partial charge < -0.3 is 10.2 Å². The van der Waals surface area contributed by atoms with E-state index in [1.807, 2.05) is 24.3 Å². The van der Waals surface area contributed by atoms with E-state index in [1.54, 1.807) is 12.1 Å². The predicted molar refractivity (Wildman–Crippen MR) is 95.4 cm³/mol. The number of sulfone groups is 1. The van der Waals surface area contributed by atoms with Gasteiger partial charge in [0.05, 0.1) is 4.90 Å². The largest absolute Gasteiger partial charge is 0.372 e. The first-order chi connectivity index (χ1) is 11.4. The third kappa shape index (κ3) is 3.76. The zero-order valence-electron chi connectivity index (χ0n) is 13.5. The zero-order valence-corrected chi connectivity index (χ0v) is 14.3. The molecular weight excluding hydrogens is 324 g/mol. The molecule has 6 heteroatoms. The van der Waals surface area contributed by atoms with Gasteiger partial charge in [0.15, 0.2) is 9.84 Å². The van der Waals surface area contributed by atoms with Gasteiger partial charge >= 0.3 is 0 Å². The normalized spacial score (nSPS) is 14.6. The number of hydrogen-bond donors (Lipinski definition) is 1. The highest BCUT2D eigenvalue weighted by molar-refractivity contribution is 7.90. The maximum absolute atomic E-state index is 12.3. The minimum Gasteiger partial charge on any atom is -0.372 e. The Morgan fingerprint density at radius 2 is 1.71 bits per heavy atom. The van der Waals surface area contributed by atoms with E-state index in [-0.39, 0.29) is 10.8 Å². The average molecular weight is 344 g/mol. The van der Waals surface area contributed by atoms with Gasteiger partial charge in [-0.15, -0.1) is 0 Å². The minimum atomic E-state index is -3.33. The second kappa shape index (κ2) is 6.65. The van der Waals surface area contributed by atoms with Crippen LogP contribution in [-0.4, -0.2) is 33.7 Å². The lowest BCUT2D eigenvalue weighted by Gasteiger charge is -2.17. The van der Waals surface area contributed by atoms with Gasteiger partial charge in [-0.05, 0) is 55.3 Å². The minimum absolute atomic E-state index is 0.138. The van der Waals surface area contributed by atoms with E-state index in [2.05, 4.69) is 10.2 Å². The molecule has 5 nitrogen and oxygen atoms in total. The van der Waals surface area contributed by atoms with E-state index in [0.717, 1.165) is 25.0 Å². The molecule has 2 aromatic rings. The molecule has 126 valence electrons. The molecule has 0 aliphatic carbocycles. The van der Waals surface area contributed by atoms with E-state index < -0.39 is 9.84 Å². The molecule has 1 fully saturated rings. The molecule has 1 N–H and O–H groups in total. The van der Waals surface area contributed by atoms with Crippen molar-refractivity contribution in [2.24, 2.45) is 0 Å². The fourth-order valence-electron chi connectivity index (χ4n) is 2.80. The van der Waals surface area contributed by atoms with Crippen LogP contribution in [0.4, 0.5) is 11.4 Å². The number of carbonyl (C=O) groups excluding carboxylic acids is 1. The first-order valence-corrected chi connectivity index (χ1v) is 9.79. The number of carbonyl (C=O) groups is 1. The SMILES string of the molecule is CS(=O)(=O)c1cccc(C(=O)Nc2ccc(N3CCCC3)cc2)c1. The standard InChI is InChI=1S/C18H20N2O3S/c1-24(22,23)17-6-4-5-14(13-17)18(21)19-15-7-9-16(10-8-15)20-11-2-3-12-20/h4-10,13H,2-3,11-12H2,1H3,(H,19,21). The summed E-state index contributed by atoms with van der Waals surface area (Å²) in [5.41, 5.74) is 2.17. The number of nitrogens with zero attached hydrogens (tertiary/aromatic N) is 1. The molecule has 1 amide bonds. The van der Waals surface area contributed by atoms with Crippen molar-refractivity contribution >= 4 is 27.1 Å². The first-order valence-electron chi connectivity index (χ1n) is 7.90. The fourth-order valence-corrected chi connectivity index (χ4v) is 3.47. The number of nitrogens with one attached hydrogen (secondary N) is 1. The van der Waals surface area contributed by atoms with Crippen molar-refractivity contribution in [3.8, 4) is 0 Å². The predicted octanol–water partition coefficient (Wildman–Crippen LogP) is 2.94. The van der Waals surface area contributed by atoms with Crippen LogP contribution < -0.4 is 10.2 Å². The summed E-state index contributed by atoms with van der Waals surface area (Å²) in [5.74, 6) is -0.325. The third-order valence-electron chi connectivity index (χ3n) is 4.12. The number of anilines is 2. The summed E-state index contributed by atoms with van der Waals surface area (Å²) >= 11 is 0. The fraction of sp³-hybridized carbons (Fsp3) is 0.278. The van der Waals surface area contributed by atoms with Gasteiger partial charge in [-0.3, -0.25) is 4.79 Å². The number of rotatable bonds is 4. The Morgan fingerprint density at radius 3 is 2.33 bits per heavy atom. The number of benzene rings is 2. The molecule has 3 rings (SSSR count). The smallest absolute Gasteiger partial charge is 0.255 e. The van der Waals surface area contributed by atoms with E-state index in [4.69, 9.17) is 0 Å². The van der Waals surface area contributed by atoms with Crippen LogP contribution in [0.2, 0.25) is 0 Å². The molecule has 1 aliphatic heterocycles. The average Bonchev–Trinajstić information content (AvgIpc) is 3.09. The Balaban J connectivity index is 1.73. The monoisotopic (exact) mass is 344 g/mol. The van der Waals surface area contributed by atoms with Crippen LogP contribution in [0.15, 0.2) is 53.4 Å². The summed E-state index contributed by atoms with van der Waals surface area (Å²) in [7, 11) is -3.33. The van der Waals surface area contributed by atoms with Gasteiger partial charge in [-0.1, -0.05) is 6.07 Å². The van der Waals surface area contributed by atoms with Crippen molar-refractivity contribution in [2.75, 3.05) is 29.6 Å². The third-order valence-corrected chi connectivity index (χ3v) is 5.23. The molecule has 0 unspecified atom stereocenters. The molecule has 24 heavy (non-hydrogen) atoms. The van der Waals surface area contributed by atoms with E-state index in [9.17, 15) is 13.2 Å². The Morgan fingerprint density at radius 1 is 1.04 bits per heavy atom. The van der Waals surface area contributed by atoms with Crippen LogP contribution in [0, 0.1) is 0 Å². The van der Waals surface area contributed by atoms with Crippen molar-refractivity contribution < 1.29 is 13.2 Å². The van der Waals surface area contributed by atoms with Crippen LogP contribution in [0.1, 0.15) is 23.2 Å². The molecule has 1 saturated heterocycles. The van der Waals surface area contributed by atoms with Gasteiger partial charge in [0, 0.05) is 36.3 Å². The lowest BCUT2D eigenvalue weighted by molar-refractivity contribution is 0.102. The molecule has 0 atom stereocenters. The van der Waals surface area contributed by atoms with Crippen molar-refractivity contribution in [2.45, 2.75) is 17.7 Å². The molecule has 0 saturated carbocycles. The summed E-state index contributed by atoms with van der Waals surface area (Å²) in [6, 6.07) is 13.8. The van der Waals surface area contributed by atoms with Crippen molar-refractivity contribution in [1.29, 1.82) is 0 Å². The summed E-state index contributed by atoms with van der Waals surface area (Å²) < 4.78 is 23.2. The summed E-state index contributed by atoms with van der Waals surface area (Å²) in [5, 5.41) is 2.80. The Bertz CT molecular complexity index is 839. The van der Waals surface area contributed by atoms with Crippen LogP contribution in [0.3, 0.4) is 0 Å². The van der Waals surface area contributed by atoms with E-state index in [1.165, 1.54) is 25.0 Å². The van der Waals surface area contributed by atoms with Crippen LogP contribution in [0.25, 0.3) is 0 Å². The van der Waals surface area contributed by atoms with Gasteiger partial charge in [0.1, 0.15) is 0 Å². The first kappa shape index (κ1) is 16.5.